The van der Waals surface area contributed by atoms with E-state index in [1.54, 1.807) is 13.0 Å². The van der Waals surface area contributed by atoms with Gasteiger partial charge in [-0.15, -0.1) is 0 Å². The molecule has 0 spiro atoms. The molecule has 2 rings (SSSR count). The lowest BCUT2D eigenvalue weighted by Gasteiger charge is -2.04. The van der Waals surface area contributed by atoms with Gasteiger partial charge in [0.2, 0.25) is 0 Å². The van der Waals surface area contributed by atoms with Gasteiger partial charge in [0.1, 0.15) is 0 Å². The lowest BCUT2D eigenvalue weighted by Crippen LogP contribution is -2.08. The van der Waals surface area contributed by atoms with Crippen molar-refractivity contribution < 1.29 is 13.2 Å². The smallest absolute Gasteiger partial charge is 0.397 e. The summed E-state index contributed by atoms with van der Waals surface area (Å²) in [5.74, 6) is 0.298. The molecule has 0 fully saturated rings. The number of nitrogens with two attached hydrogens (primary N) is 1. The first-order valence-electron chi connectivity index (χ1n) is 4.74. The summed E-state index contributed by atoms with van der Waals surface area (Å²) in [4.78, 5) is 4.05. The van der Waals surface area contributed by atoms with Gasteiger partial charge in [-0.1, -0.05) is 0 Å². The van der Waals surface area contributed by atoms with Crippen molar-refractivity contribution in [2.45, 2.75) is 13.1 Å². The maximum absolute atomic E-state index is 12.3. The molecule has 0 aliphatic heterocycles. The SMILES string of the molecule is Cc1nc(-n2ccc(C(F)(F)F)n2)ccc1N. The van der Waals surface area contributed by atoms with Gasteiger partial charge in [0.05, 0.1) is 11.4 Å². The summed E-state index contributed by atoms with van der Waals surface area (Å²) in [6.45, 7) is 1.67. The normalized spacial score (nSPS) is 11.8. The number of alkyl halides is 3. The zero-order valence-corrected chi connectivity index (χ0v) is 8.86. The molecule has 0 amide bonds. The van der Waals surface area contributed by atoms with Crippen LogP contribution in [0.1, 0.15) is 11.4 Å². The summed E-state index contributed by atoms with van der Waals surface area (Å²) in [5, 5.41) is 3.41. The number of hydrogen-bond donors (Lipinski definition) is 1. The summed E-state index contributed by atoms with van der Waals surface area (Å²) in [6, 6.07) is 3.98. The predicted molar refractivity (Wildman–Crippen MR) is 55.5 cm³/mol. The molecule has 0 unspecified atom stereocenters. The van der Waals surface area contributed by atoms with Crippen LogP contribution in [0.25, 0.3) is 5.82 Å². The van der Waals surface area contributed by atoms with Gasteiger partial charge in [0, 0.05) is 6.20 Å². The van der Waals surface area contributed by atoms with Crippen molar-refractivity contribution in [1.29, 1.82) is 0 Å². The van der Waals surface area contributed by atoms with E-state index in [0.717, 1.165) is 10.7 Å². The number of anilines is 1. The van der Waals surface area contributed by atoms with Crippen LogP contribution in [0, 0.1) is 6.92 Å². The van der Waals surface area contributed by atoms with Gasteiger partial charge in [0.25, 0.3) is 0 Å². The monoisotopic (exact) mass is 242 g/mol. The van der Waals surface area contributed by atoms with Gasteiger partial charge in [-0.25, -0.2) is 9.67 Å². The highest BCUT2D eigenvalue weighted by Gasteiger charge is 2.33. The fourth-order valence-electron chi connectivity index (χ4n) is 1.29. The van der Waals surface area contributed by atoms with Crippen molar-refractivity contribution in [2.75, 3.05) is 5.73 Å². The quantitative estimate of drug-likeness (QED) is 0.833. The van der Waals surface area contributed by atoms with Gasteiger partial charge in [-0.05, 0) is 25.1 Å². The maximum Gasteiger partial charge on any atom is 0.435 e. The van der Waals surface area contributed by atoms with Crippen molar-refractivity contribution in [3.8, 4) is 5.82 Å². The lowest BCUT2D eigenvalue weighted by atomic mass is 10.3. The number of nitrogens with zero attached hydrogens (tertiary/aromatic N) is 3. The zero-order chi connectivity index (χ0) is 12.6. The third-order valence-corrected chi connectivity index (χ3v) is 2.23. The number of rotatable bonds is 1. The van der Waals surface area contributed by atoms with Crippen LogP contribution in [-0.4, -0.2) is 14.8 Å². The molecule has 0 atom stereocenters. The molecule has 0 aliphatic carbocycles. The van der Waals surface area contributed by atoms with Crippen LogP contribution in [0.15, 0.2) is 24.4 Å². The molecule has 0 bridgehead atoms. The van der Waals surface area contributed by atoms with Gasteiger partial charge in [-0.3, -0.25) is 0 Å². The standard InChI is InChI=1S/C10H9F3N4/c1-6-7(14)2-3-9(15-6)17-5-4-8(16-17)10(11,12)13/h2-5H,14H2,1H3. The molecule has 0 saturated heterocycles. The van der Waals surface area contributed by atoms with Crippen LogP contribution in [0.2, 0.25) is 0 Å². The number of nitrogen functional groups attached to an aromatic ring is 1. The third-order valence-electron chi connectivity index (χ3n) is 2.23. The molecule has 0 radical (unpaired) electrons. The molecule has 2 N–H and O–H groups in total. The van der Waals surface area contributed by atoms with Crippen molar-refractivity contribution in [3.05, 3.63) is 35.8 Å². The minimum atomic E-state index is -4.45. The summed E-state index contributed by atoms with van der Waals surface area (Å²) >= 11 is 0. The van der Waals surface area contributed by atoms with Crippen molar-refractivity contribution in [3.63, 3.8) is 0 Å². The highest BCUT2D eigenvalue weighted by molar-refractivity contribution is 5.45. The van der Waals surface area contributed by atoms with Crippen LogP contribution in [0.3, 0.4) is 0 Å². The molecule has 2 aromatic heterocycles. The van der Waals surface area contributed by atoms with E-state index >= 15 is 0 Å². The lowest BCUT2D eigenvalue weighted by molar-refractivity contribution is -0.141. The fourth-order valence-corrected chi connectivity index (χ4v) is 1.29. The van der Waals surface area contributed by atoms with E-state index in [2.05, 4.69) is 10.1 Å². The topological polar surface area (TPSA) is 56.7 Å². The Morgan fingerprint density at radius 2 is 1.94 bits per heavy atom. The van der Waals surface area contributed by atoms with E-state index in [-0.39, 0.29) is 0 Å². The minimum absolute atomic E-state index is 0.298. The summed E-state index contributed by atoms with van der Waals surface area (Å²) in [6.07, 6.45) is -3.24. The molecule has 2 heterocycles. The molecule has 4 nitrogen and oxygen atoms in total. The molecular formula is C10H9F3N4. The molecule has 7 heteroatoms. The van der Waals surface area contributed by atoms with Gasteiger partial charge in [-0.2, -0.15) is 18.3 Å². The Kier molecular flexibility index (Phi) is 2.53. The van der Waals surface area contributed by atoms with E-state index in [9.17, 15) is 13.2 Å². The molecule has 0 aliphatic rings. The van der Waals surface area contributed by atoms with E-state index < -0.39 is 11.9 Å². The Bertz CT molecular complexity index is 545. The van der Waals surface area contributed by atoms with Crippen LogP contribution in [0.5, 0.6) is 0 Å². The maximum atomic E-state index is 12.3. The Morgan fingerprint density at radius 1 is 1.24 bits per heavy atom. The van der Waals surface area contributed by atoms with Crippen molar-refractivity contribution in [1.82, 2.24) is 14.8 Å². The first-order valence-corrected chi connectivity index (χ1v) is 4.74. The number of aryl methyl sites for hydroxylation is 1. The van der Waals surface area contributed by atoms with E-state index in [0.29, 0.717) is 17.2 Å². The number of halogens is 3. The third kappa shape index (κ3) is 2.22. The molecule has 2 aromatic rings. The Hall–Kier alpha value is -2.05. The minimum Gasteiger partial charge on any atom is -0.397 e. The van der Waals surface area contributed by atoms with E-state index in [1.165, 1.54) is 12.3 Å². The van der Waals surface area contributed by atoms with E-state index in [1.807, 2.05) is 0 Å². The predicted octanol–water partition coefficient (Wildman–Crippen LogP) is 2.18. The summed E-state index contributed by atoms with van der Waals surface area (Å²) < 4.78 is 38.1. The summed E-state index contributed by atoms with van der Waals surface area (Å²) in [5.41, 5.74) is 5.65. The zero-order valence-electron chi connectivity index (χ0n) is 8.86. The highest BCUT2D eigenvalue weighted by atomic mass is 19.4. The second-order valence-electron chi connectivity index (χ2n) is 3.49. The second-order valence-corrected chi connectivity index (χ2v) is 3.49. The first-order chi connectivity index (χ1) is 7.88. The average molecular weight is 242 g/mol. The van der Waals surface area contributed by atoms with Gasteiger partial charge >= 0.3 is 6.18 Å². The first kappa shape index (κ1) is 11.4. The molecule has 90 valence electrons. The average Bonchev–Trinajstić information content (AvgIpc) is 2.70. The van der Waals surface area contributed by atoms with Crippen molar-refractivity contribution in [2.24, 2.45) is 0 Å². The van der Waals surface area contributed by atoms with Gasteiger partial charge in [0.15, 0.2) is 11.5 Å². The number of aromatic nitrogens is 3. The number of pyridine rings is 1. The van der Waals surface area contributed by atoms with Crippen LogP contribution >= 0.6 is 0 Å². The fraction of sp³-hybridized carbons (Fsp3) is 0.200. The Balaban J connectivity index is 2.40. The van der Waals surface area contributed by atoms with Gasteiger partial charge < -0.3 is 5.73 Å². The van der Waals surface area contributed by atoms with Crippen molar-refractivity contribution >= 4 is 5.69 Å². The highest BCUT2D eigenvalue weighted by Crippen LogP contribution is 2.27. The molecule has 0 aromatic carbocycles. The Morgan fingerprint density at radius 3 is 2.47 bits per heavy atom. The molecule has 17 heavy (non-hydrogen) atoms. The number of hydrogen-bond acceptors (Lipinski definition) is 3. The summed E-state index contributed by atoms with van der Waals surface area (Å²) in [7, 11) is 0. The van der Waals surface area contributed by atoms with Crippen LogP contribution in [-0.2, 0) is 6.18 Å². The molecular weight excluding hydrogens is 233 g/mol. The van der Waals surface area contributed by atoms with Crippen LogP contribution < -0.4 is 5.73 Å². The van der Waals surface area contributed by atoms with E-state index in [4.69, 9.17) is 5.73 Å². The van der Waals surface area contributed by atoms with Crippen LogP contribution in [0.4, 0.5) is 18.9 Å². The molecule has 0 saturated carbocycles. The second kappa shape index (κ2) is 3.76. The largest absolute Gasteiger partial charge is 0.435 e. The Labute approximate surface area is 94.9 Å².